The van der Waals surface area contributed by atoms with Gasteiger partial charge in [-0.3, -0.25) is 0 Å². The number of carbonyl (C=O) groups excluding carboxylic acids is 1. The average Bonchev–Trinajstić information content (AvgIpc) is 2.46. The average molecular weight is 274 g/mol. The van der Waals surface area contributed by atoms with Crippen LogP contribution < -0.4 is 10.6 Å². The van der Waals surface area contributed by atoms with E-state index < -0.39 is 6.04 Å². The number of para-hydroxylation sites is 1. The Balaban J connectivity index is 2.41. The normalized spacial score (nSPS) is 11.9. The number of ether oxygens (including phenoxy) is 1. The zero-order valence-corrected chi connectivity index (χ0v) is 11.8. The van der Waals surface area contributed by atoms with Crippen LogP contribution in [-0.4, -0.2) is 35.6 Å². The van der Waals surface area contributed by atoms with Crippen LogP contribution in [0.15, 0.2) is 24.3 Å². The van der Waals surface area contributed by atoms with Crippen LogP contribution in [0, 0.1) is 0 Å². The lowest BCUT2D eigenvalue weighted by molar-refractivity contribution is -0.141. The lowest BCUT2D eigenvalue weighted by atomic mass is 10.2. The van der Waals surface area contributed by atoms with Crippen LogP contribution in [0.3, 0.4) is 0 Å². The number of hydrogen-bond acceptors (Lipinski definition) is 6. The summed E-state index contributed by atoms with van der Waals surface area (Å²) >= 11 is 0. The first-order chi connectivity index (χ1) is 9.65. The molecule has 6 heteroatoms. The molecular formula is C14H18N4O2. The minimum atomic E-state index is -0.479. The molecule has 2 N–H and O–H groups in total. The maximum atomic E-state index is 11.5. The van der Waals surface area contributed by atoms with Crippen molar-refractivity contribution in [2.75, 3.05) is 24.3 Å². The number of esters is 1. The third-order valence-electron chi connectivity index (χ3n) is 2.85. The van der Waals surface area contributed by atoms with Gasteiger partial charge < -0.3 is 15.4 Å². The van der Waals surface area contributed by atoms with Crippen molar-refractivity contribution in [1.29, 1.82) is 0 Å². The standard InChI is InChI=1S/C14H18N4O2/c1-4-15-14-17-11-8-6-5-7-10(11)12(18-14)16-9(2)13(19)20-3/h5-9H,4H2,1-3H3,(H2,15,16,17,18). The molecule has 0 bridgehead atoms. The highest BCUT2D eigenvalue weighted by Gasteiger charge is 2.15. The molecule has 0 saturated heterocycles. The van der Waals surface area contributed by atoms with E-state index in [-0.39, 0.29) is 5.97 Å². The summed E-state index contributed by atoms with van der Waals surface area (Å²) < 4.78 is 4.71. The molecule has 0 aliphatic rings. The van der Waals surface area contributed by atoms with Crippen molar-refractivity contribution in [3.05, 3.63) is 24.3 Å². The Bertz CT molecular complexity index is 615. The lowest BCUT2D eigenvalue weighted by Gasteiger charge is -2.15. The van der Waals surface area contributed by atoms with Crippen LogP contribution >= 0.6 is 0 Å². The minimum absolute atomic E-state index is 0.335. The molecule has 1 unspecified atom stereocenters. The van der Waals surface area contributed by atoms with Crippen LogP contribution in [0.5, 0.6) is 0 Å². The molecule has 106 valence electrons. The molecule has 6 nitrogen and oxygen atoms in total. The van der Waals surface area contributed by atoms with Gasteiger partial charge in [-0.2, -0.15) is 4.98 Å². The summed E-state index contributed by atoms with van der Waals surface area (Å²) in [6.45, 7) is 4.43. The van der Waals surface area contributed by atoms with Gasteiger partial charge in [0.05, 0.1) is 12.6 Å². The van der Waals surface area contributed by atoms with Gasteiger partial charge in [-0.05, 0) is 26.0 Å². The summed E-state index contributed by atoms with van der Waals surface area (Å²) in [6, 6.07) is 7.17. The Kier molecular flexibility index (Phi) is 4.34. The van der Waals surface area contributed by atoms with Crippen molar-refractivity contribution in [1.82, 2.24) is 9.97 Å². The van der Waals surface area contributed by atoms with Crippen molar-refractivity contribution in [2.45, 2.75) is 19.9 Å². The number of anilines is 2. The number of benzene rings is 1. The van der Waals surface area contributed by atoms with Crippen molar-refractivity contribution >= 4 is 28.6 Å². The van der Waals surface area contributed by atoms with Gasteiger partial charge in [-0.1, -0.05) is 12.1 Å². The Morgan fingerprint density at radius 3 is 2.80 bits per heavy atom. The molecule has 1 heterocycles. The molecule has 1 aromatic carbocycles. The van der Waals surface area contributed by atoms with E-state index in [1.54, 1.807) is 6.92 Å². The number of nitrogens with zero attached hydrogens (tertiary/aromatic N) is 2. The van der Waals surface area contributed by atoms with Crippen molar-refractivity contribution in [3.8, 4) is 0 Å². The molecule has 0 aliphatic carbocycles. The highest BCUT2D eigenvalue weighted by Crippen LogP contribution is 2.22. The van der Waals surface area contributed by atoms with Gasteiger partial charge in [0.1, 0.15) is 11.9 Å². The van der Waals surface area contributed by atoms with Gasteiger partial charge in [-0.25, -0.2) is 9.78 Å². The third-order valence-corrected chi connectivity index (χ3v) is 2.85. The number of methoxy groups -OCH3 is 1. The predicted molar refractivity (Wildman–Crippen MR) is 78.8 cm³/mol. The summed E-state index contributed by atoms with van der Waals surface area (Å²) in [7, 11) is 1.36. The van der Waals surface area contributed by atoms with Crippen molar-refractivity contribution in [3.63, 3.8) is 0 Å². The van der Waals surface area contributed by atoms with E-state index in [1.165, 1.54) is 7.11 Å². The van der Waals surface area contributed by atoms with E-state index >= 15 is 0 Å². The van der Waals surface area contributed by atoms with Gasteiger partial charge in [0.25, 0.3) is 0 Å². The second kappa shape index (κ2) is 6.18. The second-order valence-corrected chi connectivity index (χ2v) is 4.33. The molecule has 20 heavy (non-hydrogen) atoms. The Labute approximate surface area is 117 Å². The Morgan fingerprint density at radius 1 is 1.35 bits per heavy atom. The van der Waals surface area contributed by atoms with Crippen LogP contribution in [-0.2, 0) is 9.53 Å². The highest BCUT2D eigenvalue weighted by atomic mass is 16.5. The molecule has 0 fully saturated rings. The molecule has 0 radical (unpaired) electrons. The molecular weight excluding hydrogens is 256 g/mol. The third kappa shape index (κ3) is 2.96. The van der Waals surface area contributed by atoms with Gasteiger partial charge in [-0.15, -0.1) is 0 Å². The predicted octanol–water partition coefficient (Wildman–Crippen LogP) is 2.04. The SMILES string of the molecule is CCNc1nc(NC(C)C(=O)OC)c2ccccc2n1. The van der Waals surface area contributed by atoms with E-state index in [4.69, 9.17) is 4.74 Å². The quantitative estimate of drug-likeness (QED) is 0.813. The first-order valence-corrected chi connectivity index (χ1v) is 6.50. The fourth-order valence-electron chi connectivity index (χ4n) is 1.86. The van der Waals surface area contributed by atoms with Gasteiger partial charge in [0.15, 0.2) is 0 Å². The van der Waals surface area contributed by atoms with E-state index in [2.05, 4.69) is 20.6 Å². The van der Waals surface area contributed by atoms with Crippen LogP contribution in [0.2, 0.25) is 0 Å². The smallest absolute Gasteiger partial charge is 0.328 e. The molecule has 2 aromatic rings. The Hall–Kier alpha value is -2.37. The van der Waals surface area contributed by atoms with Crippen molar-refractivity contribution in [2.24, 2.45) is 0 Å². The minimum Gasteiger partial charge on any atom is -0.467 e. The zero-order chi connectivity index (χ0) is 14.5. The van der Waals surface area contributed by atoms with E-state index in [9.17, 15) is 4.79 Å². The summed E-state index contributed by atoms with van der Waals surface area (Å²) in [6.07, 6.45) is 0. The van der Waals surface area contributed by atoms with E-state index in [0.29, 0.717) is 11.8 Å². The number of nitrogens with one attached hydrogen (secondary N) is 2. The summed E-state index contributed by atoms with van der Waals surface area (Å²) in [4.78, 5) is 20.3. The number of hydrogen-bond donors (Lipinski definition) is 2. The molecule has 2 rings (SSSR count). The first kappa shape index (κ1) is 14.0. The summed E-state index contributed by atoms with van der Waals surface area (Å²) in [5.74, 6) is 0.813. The topological polar surface area (TPSA) is 76.1 Å². The molecule has 0 saturated carbocycles. The van der Waals surface area contributed by atoms with E-state index in [0.717, 1.165) is 17.4 Å². The maximum Gasteiger partial charge on any atom is 0.328 e. The number of aromatic nitrogens is 2. The lowest BCUT2D eigenvalue weighted by Crippen LogP contribution is -2.28. The number of rotatable bonds is 5. The molecule has 0 amide bonds. The van der Waals surface area contributed by atoms with Gasteiger partial charge in [0, 0.05) is 11.9 Å². The van der Waals surface area contributed by atoms with Gasteiger partial charge >= 0.3 is 5.97 Å². The molecule has 1 aromatic heterocycles. The fourth-order valence-corrected chi connectivity index (χ4v) is 1.86. The second-order valence-electron chi connectivity index (χ2n) is 4.33. The summed E-state index contributed by atoms with van der Waals surface area (Å²) in [5.41, 5.74) is 0.818. The first-order valence-electron chi connectivity index (χ1n) is 6.50. The summed E-state index contributed by atoms with van der Waals surface area (Å²) in [5, 5.41) is 7.01. The molecule has 0 aliphatic heterocycles. The van der Waals surface area contributed by atoms with Crippen LogP contribution in [0.1, 0.15) is 13.8 Å². The van der Waals surface area contributed by atoms with Crippen LogP contribution in [0.25, 0.3) is 10.9 Å². The molecule has 1 atom stereocenters. The zero-order valence-electron chi connectivity index (χ0n) is 11.8. The largest absolute Gasteiger partial charge is 0.467 e. The van der Waals surface area contributed by atoms with Crippen LogP contribution in [0.4, 0.5) is 11.8 Å². The van der Waals surface area contributed by atoms with E-state index in [1.807, 2.05) is 31.2 Å². The highest BCUT2D eigenvalue weighted by molar-refractivity contribution is 5.91. The molecule has 0 spiro atoms. The van der Waals surface area contributed by atoms with Crippen molar-refractivity contribution < 1.29 is 9.53 Å². The monoisotopic (exact) mass is 274 g/mol. The fraction of sp³-hybridized carbons (Fsp3) is 0.357. The Morgan fingerprint density at radius 2 is 2.10 bits per heavy atom. The number of fused-ring (bicyclic) bond motifs is 1. The number of carbonyl (C=O) groups is 1. The van der Waals surface area contributed by atoms with Gasteiger partial charge in [0.2, 0.25) is 5.95 Å². The maximum absolute atomic E-state index is 11.5.